The molecular weight excluding hydrogens is 294 g/mol. The molecule has 0 unspecified atom stereocenters. The first-order chi connectivity index (χ1) is 9.91. The average molecular weight is 310 g/mol. The van der Waals surface area contributed by atoms with Gasteiger partial charge in [-0.3, -0.25) is 4.98 Å². The molecule has 1 atom stereocenters. The molecular formula is C14H16ClN3O3. The van der Waals surface area contributed by atoms with Gasteiger partial charge in [0.05, 0.1) is 23.3 Å². The van der Waals surface area contributed by atoms with Crippen molar-refractivity contribution < 1.29 is 15.0 Å². The van der Waals surface area contributed by atoms with E-state index in [0.29, 0.717) is 17.5 Å². The van der Waals surface area contributed by atoms with Crippen molar-refractivity contribution in [3.63, 3.8) is 0 Å². The van der Waals surface area contributed by atoms with E-state index in [1.165, 1.54) is 0 Å². The van der Waals surface area contributed by atoms with Gasteiger partial charge in [-0.1, -0.05) is 18.5 Å². The van der Waals surface area contributed by atoms with Gasteiger partial charge in [0.2, 0.25) is 0 Å². The molecule has 0 saturated carbocycles. The van der Waals surface area contributed by atoms with Crippen LogP contribution >= 0.6 is 11.6 Å². The number of carboxylic acid groups (broad SMARTS) is 1. The number of fused-ring (bicyclic) bond motifs is 1. The van der Waals surface area contributed by atoms with E-state index in [1.807, 2.05) is 6.92 Å². The number of aromatic carboxylic acids is 1. The molecule has 0 amide bonds. The van der Waals surface area contributed by atoms with Crippen molar-refractivity contribution in [1.29, 1.82) is 0 Å². The highest BCUT2D eigenvalue weighted by molar-refractivity contribution is 6.34. The number of halogens is 1. The summed E-state index contributed by atoms with van der Waals surface area (Å²) in [5.41, 5.74) is 0.352. The van der Waals surface area contributed by atoms with Gasteiger partial charge >= 0.3 is 5.97 Å². The molecule has 0 aliphatic heterocycles. The van der Waals surface area contributed by atoms with Crippen LogP contribution in [0.15, 0.2) is 18.3 Å². The maximum Gasteiger partial charge on any atom is 0.341 e. The zero-order valence-electron chi connectivity index (χ0n) is 11.7. The van der Waals surface area contributed by atoms with E-state index >= 15 is 0 Å². The lowest BCUT2D eigenvalue weighted by molar-refractivity contribution is 0.0697. The number of nitrogens with zero attached hydrogens (tertiary/aromatic N) is 2. The van der Waals surface area contributed by atoms with Crippen LogP contribution in [0.1, 0.15) is 30.6 Å². The summed E-state index contributed by atoms with van der Waals surface area (Å²) in [6.07, 6.45) is 2.15. The lowest BCUT2D eigenvalue weighted by atomic mass is 9.98. The highest BCUT2D eigenvalue weighted by Crippen LogP contribution is 2.32. The molecule has 21 heavy (non-hydrogen) atoms. The van der Waals surface area contributed by atoms with Crippen molar-refractivity contribution in [2.75, 3.05) is 11.9 Å². The second kappa shape index (κ2) is 5.83. The van der Waals surface area contributed by atoms with Crippen LogP contribution in [0.4, 0.5) is 5.69 Å². The van der Waals surface area contributed by atoms with Gasteiger partial charge in [-0.2, -0.15) is 0 Å². The maximum atomic E-state index is 11.5. The number of carbonyl (C=O) groups is 1. The number of aromatic nitrogens is 2. The third-order valence-corrected chi connectivity index (χ3v) is 3.74. The Labute approximate surface area is 126 Å². The highest BCUT2D eigenvalue weighted by Gasteiger charge is 2.27. The Morgan fingerprint density at radius 1 is 1.52 bits per heavy atom. The Bertz CT molecular complexity index is 686. The lowest BCUT2D eigenvalue weighted by Crippen LogP contribution is -2.38. The maximum absolute atomic E-state index is 11.5. The SMILES string of the molecule is CC[C@](C)(CO)Nc1c(C(=O)O)c(Cl)nc2cccnc12. The van der Waals surface area contributed by atoms with Crippen LogP contribution in [0.3, 0.4) is 0 Å². The molecule has 112 valence electrons. The first-order valence-electron chi connectivity index (χ1n) is 6.48. The van der Waals surface area contributed by atoms with E-state index in [4.69, 9.17) is 11.6 Å². The third kappa shape index (κ3) is 2.91. The van der Waals surface area contributed by atoms with Crippen LogP contribution in [0.25, 0.3) is 11.0 Å². The Morgan fingerprint density at radius 2 is 2.24 bits per heavy atom. The monoisotopic (exact) mass is 309 g/mol. The number of anilines is 1. The van der Waals surface area contributed by atoms with Crippen molar-refractivity contribution in [2.45, 2.75) is 25.8 Å². The van der Waals surface area contributed by atoms with Gasteiger partial charge in [0.15, 0.2) is 0 Å². The number of aliphatic hydroxyl groups excluding tert-OH is 1. The molecule has 0 saturated heterocycles. The van der Waals surface area contributed by atoms with Crippen LogP contribution in [-0.2, 0) is 0 Å². The van der Waals surface area contributed by atoms with Gasteiger partial charge in [0, 0.05) is 6.20 Å². The lowest BCUT2D eigenvalue weighted by Gasteiger charge is -2.29. The molecule has 0 aromatic carbocycles. The normalized spacial score (nSPS) is 13.9. The molecule has 7 heteroatoms. The van der Waals surface area contributed by atoms with E-state index in [9.17, 15) is 15.0 Å². The summed E-state index contributed by atoms with van der Waals surface area (Å²) in [5.74, 6) is -1.20. The molecule has 0 spiro atoms. The molecule has 3 N–H and O–H groups in total. The summed E-state index contributed by atoms with van der Waals surface area (Å²) in [4.78, 5) is 19.7. The molecule has 0 aliphatic rings. The first kappa shape index (κ1) is 15.5. The Hall–Kier alpha value is -1.92. The number of nitrogens with one attached hydrogen (secondary N) is 1. The van der Waals surface area contributed by atoms with Crippen LogP contribution in [0, 0.1) is 0 Å². The number of aliphatic hydroxyl groups is 1. The fraction of sp³-hybridized carbons (Fsp3) is 0.357. The van der Waals surface area contributed by atoms with Crippen LogP contribution in [0.5, 0.6) is 0 Å². The zero-order valence-corrected chi connectivity index (χ0v) is 12.5. The van der Waals surface area contributed by atoms with Crippen molar-refractivity contribution in [3.8, 4) is 0 Å². The molecule has 2 rings (SSSR count). The molecule has 6 nitrogen and oxygen atoms in total. The summed E-state index contributed by atoms with van der Waals surface area (Å²) < 4.78 is 0. The van der Waals surface area contributed by atoms with E-state index in [0.717, 1.165) is 0 Å². The Kier molecular flexibility index (Phi) is 4.29. The van der Waals surface area contributed by atoms with E-state index in [2.05, 4.69) is 15.3 Å². The summed E-state index contributed by atoms with van der Waals surface area (Å²) in [6.45, 7) is 3.53. The van der Waals surface area contributed by atoms with Crippen LogP contribution < -0.4 is 5.32 Å². The van der Waals surface area contributed by atoms with Crippen molar-refractivity contribution in [1.82, 2.24) is 9.97 Å². The predicted octanol–water partition coefficient (Wildman–Crippen LogP) is 2.55. The quantitative estimate of drug-likeness (QED) is 0.735. The number of hydrogen-bond acceptors (Lipinski definition) is 5. The zero-order chi connectivity index (χ0) is 15.6. The molecule has 0 fully saturated rings. The fourth-order valence-electron chi connectivity index (χ4n) is 1.92. The standard InChI is InChI=1S/C14H16ClN3O3/c1-3-14(2,7-19)18-11-9(13(20)21)12(15)17-8-5-4-6-16-10(8)11/h4-6,19H,3,7H2,1-2H3,(H,17,18)(H,20,21)/t14-/m1/s1. The highest BCUT2D eigenvalue weighted by atomic mass is 35.5. The minimum atomic E-state index is -1.20. The number of pyridine rings is 2. The van der Waals surface area contributed by atoms with Crippen molar-refractivity contribution >= 4 is 34.3 Å². The number of hydrogen-bond donors (Lipinski definition) is 3. The molecule has 0 aliphatic carbocycles. The predicted molar refractivity (Wildman–Crippen MR) is 80.9 cm³/mol. The molecule has 2 aromatic rings. The molecule has 0 radical (unpaired) electrons. The number of carboxylic acids is 1. The summed E-state index contributed by atoms with van der Waals surface area (Å²) >= 11 is 6.00. The van der Waals surface area contributed by atoms with Crippen LogP contribution in [-0.4, -0.2) is 38.3 Å². The minimum absolute atomic E-state index is 0.109. The van der Waals surface area contributed by atoms with Gasteiger partial charge in [-0.25, -0.2) is 9.78 Å². The fourth-order valence-corrected chi connectivity index (χ4v) is 2.19. The van der Waals surface area contributed by atoms with E-state index in [1.54, 1.807) is 25.3 Å². The van der Waals surface area contributed by atoms with Crippen LogP contribution in [0.2, 0.25) is 5.15 Å². The Morgan fingerprint density at radius 3 is 2.81 bits per heavy atom. The summed E-state index contributed by atoms with van der Waals surface area (Å²) in [5, 5.41) is 21.9. The van der Waals surface area contributed by atoms with Gasteiger partial charge < -0.3 is 15.5 Å². The van der Waals surface area contributed by atoms with Crippen molar-refractivity contribution in [3.05, 3.63) is 29.0 Å². The summed E-state index contributed by atoms with van der Waals surface area (Å²) in [6, 6.07) is 3.40. The minimum Gasteiger partial charge on any atom is -0.478 e. The van der Waals surface area contributed by atoms with E-state index in [-0.39, 0.29) is 23.0 Å². The van der Waals surface area contributed by atoms with Crippen molar-refractivity contribution in [2.24, 2.45) is 0 Å². The molecule has 0 bridgehead atoms. The molecule has 2 heterocycles. The van der Waals surface area contributed by atoms with E-state index < -0.39 is 11.5 Å². The second-order valence-electron chi connectivity index (χ2n) is 5.03. The van der Waals surface area contributed by atoms with Gasteiger partial charge in [-0.15, -0.1) is 0 Å². The number of rotatable bonds is 5. The topological polar surface area (TPSA) is 95.3 Å². The summed E-state index contributed by atoms with van der Waals surface area (Å²) in [7, 11) is 0. The molecule has 2 aromatic heterocycles. The van der Waals surface area contributed by atoms with Gasteiger partial charge in [0.1, 0.15) is 16.2 Å². The third-order valence-electron chi connectivity index (χ3n) is 3.47. The average Bonchev–Trinajstić information content (AvgIpc) is 2.46. The van der Waals surface area contributed by atoms with Gasteiger partial charge in [0.25, 0.3) is 0 Å². The largest absolute Gasteiger partial charge is 0.478 e. The Balaban J connectivity index is 2.73. The van der Waals surface area contributed by atoms with Gasteiger partial charge in [-0.05, 0) is 25.5 Å². The first-order valence-corrected chi connectivity index (χ1v) is 6.86. The second-order valence-corrected chi connectivity index (χ2v) is 5.38. The smallest absolute Gasteiger partial charge is 0.341 e.